The van der Waals surface area contributed by atoms with Crippen molar-refractivity contribution in [2.75, 3.05) is 32.6 Å². The minimum Gasteiger partial charge on any atom is -0.495 e. The van der Waals surface area contributed by atoms with E-state index in [2.05, 4.69) is 0 Å². The van der Waals surface area contributed by atoms with Gasteiger partial charge < -0.3 is 14.4 Å². The first kappa shape index (κ1) is 18.0. The van der Waals surface area contributed by atoms with Crippen molar-refractivity contribution in [2.24, 2.45) is 0 Å². The minimum atomic E-state index is -3.57. The first-order chi connectivity index (χ1) is 10.8. The minimum absolute atomic E-state index is 0.0234. The van der Waals surface area contributed by atoms with Crippen molar-refractivity contribution in [1.82, 2.24) is 4.90 Å². The fraction of sp³-hybridized carbons (Fsp3) is 0.533. The Morgan fingerprint density at radius 3 is 2.83 bits per heavy atom. The molecule has 1 heterocycles. The second kappa shape index (κ2) is 7.51. The van der Waals surface area contributed by atoms with Gasteiger partial charge in [0.1, 0.15) is 5.75 Å². The topological polar surface area (TPSA) is 72.9 Å². The Bertz CT molecular complexity index is 676. The Morgan fingerprint density at radius 1 is 1.48 bits per heavy atom. The third-order valence-corrected chi connectivity index (χ3v) is 5.67. The quantitative estimate of drug-likeness (QED) is 0.799. The molecule has 0 aliphatic carbocycles. The Morgan fingerprint density at radius 2 is 2.22 bits per heavy atom. The molecule has 128 valence electrons. The van der Waals surface area contributed by atoms with Crippen molar-refractivity contribution in [2.45, 2.75) is 24.3 Å². The second-order valence-corrected chi connectivity index (χ2v) is 7.90. The van der Waals surface area contributed by atoms with E-state index < -0.39 is 9.84 Å². The van der Waals surface area contributed by atoms with Crippen LogP contribution in [-0.2, 0) is 19.4 Å². The summed E-state index contributed by atoms with van der Waals surface area (Å²) in [4.78, 5) is 13.9. The molecule has 1 amide bonds. The van der Waals surface area contributed by atoms with E-state index in [1.54, 1.807) is 4.90 Å². The smallest absolute Gasteiger partial charge is 0.223 e. The van der Waals surface area contributed by atoms with Crippen molar-refractivity contribution in [3.63, 3.8) is 0 Å². The summed E-state index contributed by atoms with van der Waals surface area (Å²) in [5.41, 5.74) is 0. The predicted molar refractivity (Wildman–Crippen MR) is 86.7 cm³/mol. The lowest BCUT2D eigenvalue weighted by Crippen LogP contribution is -2.44. The fourth-order valence-corrected chi connectivity index (χ4v) is 3.96. The zero-order valence-corrected chi connectivity index (χ0v) is 14.7. The Kier molecular flexibility index (Phi) is 5.89. The fourth-order valence-electron chi connectivity index (χ4n) is 2.38. The lowest BCUT2D eigenvalue weighted by Gasteiger charge is -2.31. The Hall–Kier alpha value is -1.31. The van der Waals surface area contributed by atoms with Gasteiger partial charge in [0, 0.05) is 19.5 Å². The maximum atomic E-state index is 12.3. The molecule has 1 aliphatic heterocycles. The van der Waals surface area contributed by atoms with Crippen LogP contribution in [0.25, 0.3) is 0 Å². The third-order valence-electron chi connectivity index (χ3n) is 3.66. The molecule has 23 heavy (non-hydrogen) atoms. The van der Waals surface area contributed by atoms with Crippen LogP contribution < -0.4 is 4.74 Å². The van der Waals surface area contributed by atoms with Gasteiger partial charge in [0.25, 0.3) is 0 Å². The van der Waals surface area contributed by atoms with E-state index >= 15 is 0 Å². The van der Waals surface area contributed by atoms with Crippen LogP contribution in [0, 0.1) is 0 Å². The van der Waals surface area contributed by atoms with Crippen molar-refractivity contribution in [1.29, 1.82) is 0 Å². The summed E-state index contributed by atoms with van der Waals surface area (Å²) in [5, 5.41) is 0.224. The highest BCUT2D eigenvalue weighted by Crippen LogP contribution is 2.27. The molecule has 1 saturated heterocycles. The number of hydrogen-bond donors (Lipinski definition) is 0. The molecule has 0 bridgehead atoms. The number of halogens is 1. The third kappa shape index (κ3) is 4.59. The summed E-state index contributed by atoms with van der Waals surface area (Å²) in [6.45, 7) is 3.36. The molecule has 1 fully saturated rings. The van der Waals surface area contributed by atoms with Gasteiger partial charge in [-0.05, 0) is 25.1 Å². The molecular weight excluding hydrogens is 342 g/mol. The number of amides is 1. The van der Waals surface area contributed by atoms with Gasteiger partial charge in [-0.3, -0.25) is 4.79 Å². The molecule has 1 unspecified atom stereocenters. The van der Waals surface area contributed by atoms with Gasteiger partial charge in [-0.25, -0.2) is 8.42 Å². The highest BCUT2D eigenvalue weighted by Gasteiger charge is 2.24. The summed E-state index contributed by atoms with van der Waals surface area (Å²) in [5.74, 6) is -0.0208. The highest BCUT2D eigenvalue weighted by molar-refractivity contribution is 7.91. The number of carbonyl (C=O) groups excluding carboxylic acids is 1. The van der Waals surface area contributed by atoms with Crippen LogP contribution in [0.2, 0.25) is 5.02 Å². The van der Waals surface area contributed by atoms with E-state index in [1.165, 1.54) is 25.3 Å². The van der Waals surface area contributed by atoms with E-state index in [0.29, 0.717) is 25.4 Å². The van der Waals surface area contributed by atoms with Crippen LogP contribution in [0.4, 0.5) is 0 Å². The number of ether oxygens (including phenoxy) is 2. The SMILES string of the molecule is COc1ccc(S(=O)(=O)CCC(=O)N2CCOC(C)C2)cc1Cl. The van der Waals surface area contributed by atoms with Crippen molar-refractivity contribution < 1.29 is 22.7 Å². The molecule has 0 spiro atoms. The maximum absolute atomic E-state index is 12.3. The van der Waals surface area contributed by atoms with E-state index in [0.717, 1.165) is 0 Å². The summed E-state index contributed by atoms with van der Waals surface area (Å²) in [7, 11) is -2.12. The molecule has 1 aromatic carbocycles. The molecule has 2 rings (SSSR count). The van der Waals surface area contributed by atoms with Crippen LogP contribution in [0.5, 0.6) is 5.75 Å². The summed E-state index contributed by atoms with van der Waals surface area (Å²) >= 11 is 5.96. The Labute approximate surface area is 141 Å². The van der Waals surface area contributed by atoms with Gasteiger partial charge in [-0.2, -0.15) is 0 Å². The van der Waals surface area contributed by atoms with E-state index in [4.69, 9.17) is 21.1 Å². The van der Waals surface area contributed by atoms with Crippen molar-refractivity contribution >= 4 is 27.3 Å². The van der Waals surface area contributed by atoms with Crippen molar-refractivity contribution in [3.05, 3.63) is 23.2 Å². The molecule has 0 saturated carbocycles. The van der Waals surface area contributed by atoms with Crippen LogP contribution in [0.3, 0.4) is 0 Å². The largest absolute Gasteiger partial charge is 0.495 e. The summed E-state index contributed by atoms with van der Waals surface area (Å²) in [6, 6.07) is 4.28. The van der Waals surface area contributed by atoms with E-state index in [-0.39, 0.29) is 34.1 Å². The number of carbonyl (C=O) groups is 1. The van der Waals surface area contributed by atoms with Crippen molar-refractivity contribution in [3.8, 4) is 5.75 Å². The zero-order valence-electron chi connectivity index (χ0n) is 13.1. The molecule has 0 aromatic heterocycles. The van der Waals surface area contributed by atoms with Gasteiger partial charge in [0.05, 0.1) is 35.5 Å². The number of morpholine rings is 1. The summed E-state index contributed by atoms with van der Waals surface area (Å²) in [6.07, 6.45) is -0.0803. The molecule has 1 aromatic rings. The van der Waals surface area contributed by atoms with Crippen LogP contribution in [0.15, 0.2) is 23.1 Å². The van der Waals surface area contributed by atoms with Gasteiger partial charge in [-0.1, -0.05) is 11.6 Å². The number of rotatable bonds is 5. The number of methoxy groups -OCH3 is 1. The number of benzene rings is 1. The molecule has 8 heteroatoms. The predicted octanol–water partition coefficient (Wildman–Crippen LogP) is 1.76. The van der Waals surface area contributed by atoms with Gasteiger partial charge in [0.15, 0.2) is 9.84 Å². The van der Waals surface area contributed by atoms with E-state index in [1.807, 2.05) is 6.92 Å². The van der Waals surface area contributed by atoms with Gasteiger partial charge in [-0.15, -0.1) is 0 Å². The van der Waals surface area contributed by atoms with E-state index in [9.17, 15) is 13.2 Å². The Balaban J connectivity index is 2.01. The van der Waals surface area contributed by atoms with Gasteiger partial charge >= 0.3 is 0 Å². The first-order valence-electron chi connectivity index (χ1n) is 7.29. The molecule has 1 aliphatic rings. The molecule has 0 N–H and O–H groups in total. The standard InChI is InChI=1S/C15H20ClNO5S/c1-11-10-17(6-7-22-11)15(18)5-8-23(19,20)12-3-4-14(21-2)13(16)9-12/h3-4,9,11H,5-8,10H2,1-2H3. The highest BCUT2D eigenvalue weighted by atomic mass is 35.5. The lowest BCUT2D eigenvalue weighted by atomic mass is 10.3. The molecule has 0 radical (unpaired) electrons. The molecular formula is C15H20ClNO5S. The van der Waals surface area contributed by atoms with Crippen LogP contribution in [0.1, 0.15) is 13.3 Å². The number of nitrogens with zero attached hydrogens (tertiary/aromatic N) is 1. The average molecular weight is 362 g/mol. The van der Waals surface area contributed by atoms with Gasteiger partial charge in [0.2, 0.25) is 5.91 Å². The number of hydrogen-bond acceptors (Lipinski definition) is 5. The monoisotopic (exact) mass is 361 g/mol. The summed E-state index contributed by atoms with van der Waals surface area (Å²) < 4.78 is 35.1. The zero-order chi connectivity index (χ0) is 17.0. The normalized spacial score (nSPS) is 18.7. The lowest BCUT2D eigenvalue weighted by molar-refractivity contribution is -0.137. The average Bonchev–Trinajstić information content (AvgIpc) is 2.52. The maximum Gasteiger partial charge on any atom is 0.223 e. The number of sulfone groups is 1. The first-order valence-corrected chi connectivity index (χ1v) is 9.32. The van der Waals surface area contributed by atoms with Crippen LogP contribution >= 0.6 is 11.6 Å². The molecule has 6 nitrogen and oxygen atoms in total. The van der Waals surface area contributed by atoms with Crippen LogP contribution in [-0.4, -0.2) is 57.9 Å². The second-order valence-electron chi connectivity index (χ2n) is 5.39. The molecule has 1 atom stereocenters.